The molecule has 0 heterocycles. The molecule has 0 N–H and O–H groups in total. The van der Waals surface area contributed by atoms with Crippen LogP contribution in [0, 0.1) is 17.8 Å². The number of benzene rings is 1. The molecule has 0 spiro atoms. The zero-order valence-electron chi connectivity index (χ0n) is 15.3. The van der Waals surface area contributed by atoms with E-state index in [4.69, 9.17) is 4.74 Å². The van der Waals surface area contributed by atoms with Gasteiger partial charge in [0.15, 0.2) is 0 Å². The Labute approximate surface area is 141 Å². The molecular weight excluding hydrogens is 284 g/mol. The minimum absolute atomic E-state index is 0.0125. The Balaban J connectivity index is 2.35. The molecule has 1 fully saturated rings. The molecule has 0 aromatic heterocycles. The van der Waals surface area contributed by atoms with E-state index in [0.29, 0.717) is 17.8 Å². The van der Waals surface area contributed by atoms with Crippen molar-refractivity contribution in [3.63, 3.8) is 0 Å². The van der Waals surface area contributed by atoms with Gasteiger partial charge in [-0.2, -0.15) is 0 Å². The summed E-state index contributed by atoms with van der Waals surface area (Å²) in [6.07, 6.45) is 4.65. The van der Waals surface area contributed by atoms with E-state index >= 15 is 0 Å². The molecule has 1 aromatic carbocycles. The maximum absolute atomic E-state index is 12.5. The standard InChI is InChI=1S/C21H32O2/c1-6-16-8-7-15(4)20(21(22)23-5)19(13-16)18-11-9-17(10-12-18)14(2)3/h9-12,14-16,19-20H,6-8,13H2,1-5H3/t15-,16?,19-,20?/m1/s1. The molecule has 2 nitrogen and oxygen atoms in total. The van der Waals surface area contributed by atoms with Crippen LogP contribution in [0.2, 0.25) is 0 Å². The SMILES string of the molecule is CCC1CC[C@@H](C)C(C(=O)OC)[C@@H](c2ccc(C(C)C)cc2)C1. The van der Waals surface area contributed by atoms with E-state index in [-0.39, 0.29) is 17.8 Å². The van der Waals surface area contributed by atoms with Crippen molar-refractivity contribution in [1.29, 1.82) is 0 Å². The van der Waals surface area contributed by atoms with Crippen molar-refractivity contribution in [3.05, 3.63) is 35.4 Å². The molecule has 1 aliphatic rings. The van der Waals surface area contributed by atoms with E-state index in [1.807, 2.05) is 0 Å². The summed E-state index contributed by atoms with van der Waals surface area (Å²) in [6.45, 7) is 8.92. The first-order chi connectivity index (χ1) is 11.0. The second-order valence-corrected chi connectivity index (χ2v) is 7.54. The van der Waals surface area contributed by atoms with E-state index in [9.17, 15) is 4.79 Å². The smallest absolute Gasteiger partial charge is 0.309 e. The second-order valence-electron chi connectivity index (χ2n) is 7.54. The van der Waals surface area contributed by atoms with Gasteiger partial charge in [-0.15, -0.1) is 0 Å². The highest BCUT2D eigenvalue weighted by Crippen LogP contribution is 2.43. The number of carbonyl (C=O) groups excluding carboxylic acids is 1. The first kappa shape index (κ1) is 18.0. The van der Waals surface area contributed by atoms with Gasteiger partial charge >= 0.3 is 5.97 Å². The zero-order valence-corrected chi connectivity index (χ0v) is 15.3. The predicted molar refractivity (Wildman–Crippen MR) is 95.6 cm³/mol. The molecule has 0 bridgehead atoms. The highest BCUT2D eigenvalue weighted by Gasteiger charge is 2.38. The van der Waals surface area contributed by atoms with Gasteiger partial charge in [0.25, 0.3) is 0 Å². The molecule has 0 radical (unpaired) electrons. The van der Waals surface area contributed by atoms with Crippen LogP contribution in [-0.2, 0) is 9.53 Å². The maximum Gasteiger partial charge on any atom is 0.309 e. The van der Waals surface area contributed by atoms with Crippen LogP contribution in [0.5, 0.6) is 0 Å². The van der Waals surface area contributed by atoms with Crippen LogP contribution >= 0.6 is 0 Å². The first-order valence-corrected chi connectivity index (χ1v) is 9.15. The normalized spacial score (nSPS) is 28.4. The van der Waals surface area contributed by atoms with Crippen LogP contribution in [0.4, 0.5) is 0 Å². The van der Waals surface area contributed by atoms with E-state index in [1.54, 1.807) is 0 Å². The second kappa shape index (κ2) is 7.99. The van der Waals surface area contributed by atoms with Crippen LogP contribution in [0.1, 0.15) is 76.3 Å². The molecule has 0 saturated heterocycles. The Morgan fingerprint density at radius 1 is 1.22 bits per heavy atom. The number of carbonyl (C=O) groups is 1. The van der Waals surface area contributed by atoms with Crippen molar-refractivity contribution in [2.24, 2.45) is 17.8 Å². The Bertz CT molecular complexity index is 503. The minimum atomic E-state index is -0.0350. The average Bonchev–Trinajstić information content (AvgIpc) is 2.73. The molecule has 2 unspecified atom stereocenters. The van der Waals surface area contributed by atoms with Gasteiger partial charge in [-0.25, -0.2) is 0 Å². The van der Waals surface area contributed by atoms with Crippen molar-refractivity contribution < 1.29 is 9.53 Å². The fourth-order valence-electron chi connectivity index (χ4n) is 4.07. The van der Waals surface area contributed by atoms with E-state index in [1.165, 1.54) is 31.1 Å². The van der Waals surface area contributed by atoms with Crippen LogP contribution in [0.3, 0.4) is 0 Å². The van der Waals surface area contributed by atoms with Crippen molar-refractivity contribution in [2.75, 3.05) is 7.11 Å². The quantitative estimate of drug-likeness (QED) is 0.539. The van der Waals surface area contributed by atoms with Crippen LogP contribution < -0.4 is 0 Å². The molecule has 23 heavy (non-hydrogen) atoms. The van der Waals surface area contributed by atoms with Gasteiger partial charge in [-0.3, -0.25) is 4.79 Å². The Kier molecular flexibility index (Phi) is 6.26. The van der Waals surface area contributed by atoms with Crippen molar-refractivity contribution in [2.45, 2.75) is 65.2 Å². The third-order valence-electron chi connectivity index (χ3n) is 5.75. The largest absolute Gasteiger partial charge is 0.469 e. The molecule has 0 aliphatic heterocycles. The number of ether oxygens (including phenoxy) is 1. The van der Waals surface area contributed by atoms with Gasteiger partial charge in [0, 0.05) is 0 Å². The first-order valence-electron chi connectivity index (χ1n) is 9.15. The highest BCUT2D eigenvalue weighted by atomic mass is 16.5. The number of hydrogen-bond acceptors (Lipinski definition) is 2. The third-order valence-corrected chi connectivity index (χ3v) is 5.75. The fraction of sp³-hybridized carbons (Fsp3) is 0.667. The lowest BCUT2D eigenvalue weighted by Crippen LogP contribution is -2.28. The summed E-state index contributed by atoms with van der Waals surface area (Å²) in [5, 5.41) is 0. The topological polar surface area (TPSA) is 26.3 Å². The monoisotopic (exact) mass is 316 g/mol. The van der Waals surface area contributed by atoms with E-state index < -0.39 is 0 Å². The number of esters is 1. The maximum atomic E-state index is 12.5. The summed E-state index contributed by atoms with van der Waals surface area (Å²) in [6, 6.07) is 8.93. The highest BCUT2D eigenvalue weighted by molar-refractivity contribution is 5.74. The van der Waals surface area contributed by atoms with Crippen LogP contribution in [-0.4, -0.2) is 13.1 Å². The molecule has 1 aliphatic carbocycles. The summed E-state index contributed by atoms with van der Waals surface area (Å²) in [4.78, 5) is 12.5. The van der Waals surface area contributed by atoms with Gasteiger partial charge < -0.3 is 4.74 Å². The van der Waals surface area contributed by atoms with Gasteiger partial charge in [0.2, 0.25) is 0 Å². The number of rotatable bonds is 4. The van der Waals surface area contributed by atoms with Crippen molar-refractivity contribution in [3.8, 4) is 0 Å². The van der Waals surface area contributed by atoms with Crippen molar-refractivity contribution >= 4 is 5.97 Å². The molecule has 2 heteroatoms. The molecule has 2 rings (SSSR count). The third kappa shape index (κ3) is 4.16. The summed E-state index contributed by atoms with van der Waals surface area (Å²) >= 11 is 0. The lowest BCUT2D eigenvalue weighted by atomic mass is 9.76. The molecule has 128 valence electrons. The minimum Gasteiger partial charge on any atom is -0.469 e. The Hall–Kier alpha value is -1.31. The lowest BCUT2D eigenvalue weighted by molar-refractivity contribution is -0.148. The molecule has 1 saturated carbocycles. The van der Waals surface area contributed by atoms with Gasteiger partial charge in [-0.05, 0) is 47.6 Å². The van der Waals surface area contributed by atoms with E-state index in [0.717, 1.165) is 12.8 Å². The lowest BCUT2D eigenvalue weighted by Gasteiger charge is -2.28. The zero-order chi connectivity index (χ0) is 17.0. The molecular formula is C21H32O2. The van der Waals surface area contributed by atoms with Gasteiger partial charge in [0.05, 0.1) is 13.0 Å². The fourth-order valence-corrected chi connectivity index (χ4v) is 4.07. The molecule has 0 amide bonds. The molecule has 4 atom stereocenters. The Morgan fingerprint density at radius 3 is 2.39 bits per heavy atom. The summed E-state index contributed by atoms with van der Waals surface area (Å²) < 4.78 is 5.16. The summed E-state index contributed by atoms with van der Waals surface area (Å²) in [5.41, 5.74) is 2.66. The number of methoxy groups -OCH3 is 1. The number of hydrogen-bond donors (Lipinski definition) is 0. The average molecular weight is 316 g/mol. The predicted octanol–water partition coefficient (Wildman–Crippen LogP) is 5.53. The summed E-state index contributed by atoms with van der Waals surface area (Å²) in [7, 11) is 1.52. The van der Waals surface area contributed by atoms with Gasteiger partial charge in [-0.1, -0.05) is 64.8 Å². The van der Waals surface area contributed by atoms with Gasteiger partial charge in [0.1, 0.15) is 0 Å². The summed E-state index contributed by atoms with van der Waals surface area (Å²) in [5.74, 6) is 1.87. The van der Waals surface area contributed by atoms with Crippen molar-refractivity contribution in [1.82, 2.24) is 0 Å². The van der Waals surface area contributed by atoms with E-state index in [2.05, 4.69) is 52.0 Å². The Morgan fingerprint density at radius 2 is 1.87 bits per heavy atom. The molecule has 1 aromatic rings. The van der Waals surface area contributed by atoms with Crippen LogP contribution in [0.15, 0.2) is 24.3 Å². The van der Waals surface area contributed by atoms with Crippen LogP contribution in [0.25, 0.3) is 0 Å².